The summed E-state index contributed by atoms with van der Waals surface area (Å²) < 4.78 is 14.7. The smallest absolute Gasteiger partial charge is 0.246 e. The number of likely N-dealkylation sites (tertiary alicyclic amines) is 3. The molecule has 3 N–H and O–H groups in total. The van der Waals surface area contributed by atoms with Gasteiger partial charge in [-0.3, -0.25) is 29.1 Å². The Hall–Kier alpha value is -4.77. The van der Waals surface area contributed by atoms with Crippen LogP contribution in [0, 0.1) is 31.0 Å². The molecule has 1 aromatic heterocycles. The standard InChI is InChI=1S/C54H74FN9O4S/c1-36-9-8-10-46(55)44(36)31-62-32-45(48(33-62)59(6)7)40-15-17-42(18-16-40)63-25-23-61(24-26-63)29-39-19-21-60(22-20-39)34-49(66)58-51(54(3,4)5)53(68)64-30-43(65)27-47(64)52(67)56-28-38-11-13-41(14-12-38)50-37(2)57-35-69-50/h8-18,35,39,43,45,47-48,51,65H,19-34H2,1-7H3,(H,56,67)(H,58,66)/t43-,45-,47+,48+,51+/m1/s1. The third-order valence-corrected chi connectivity index (χ3v) is 16.1. The van der Waals surface area contributed by atoms with E-state index < -0.39 is 23.6 Å². The second-order valence-electron chi connectivity index (χ2n) is 21.4. The van der Waals surface area contributed by atoms with Crippen molar-refractivity contribution < 1.29 is 23.9 Å². The van der Waals surface area contributed by atoms with E-state index in [2.05, 4.69) is 78.5 Å². The first kappa shape index (κ1) is 50.6. The number of thiazole rings is 1. The molecule has 0 saturated carbocycles. The van der Waals surface area contributed by atoms with Crippen molar-refractivity contribution >= 4 is 34.7 Å². The number of aryl methyl sites for hydroxylation is 2. The molecule has 3 amide bonds. The molecule has 0 bridgehead atoms. The number of anilines is 1. The fourth-order valence-electron chi connectivity index (χ4n) is 10.9. The lowest BCUT2D eigenvalue weighted by molar-refractivity contribution is -0.144. The predicted molar refractivity (Wildman–Crippen MR) is 273 cm³/mol. The van der Waals surface area contributed by atoms with Crippen LogP contribution in [0.4, 0.5) is 10.1 Å². The summed E-state index contributed by atoms with van der Waals surface area (Å²) in [6, 6.07) is 21.2. The Morgan fingerprint density at radius 3 is 2.23 bits per heavy atom. The molecule has 0 radical (unpaired) electrons. The summed E-state index contributed by atoms with van der Waals surface area (Å²) in [5.74, 6) is -0.0786. The van der Waals surface area contributed by atoms with Crippen molar-refractivity contribution in [1.82, 2.24) is 40.1 Å². The number of halogens is 1. The molecule has 69 heavy (non-hydrogen) atoms. The summed E-state index contributed by atoms with van der Waals surface area (Å²) in [6.45, 7) is 19.4. The summed E-state index contributed by atoms with van der Waals surface area (Å²) in [6.07, 6.45) is 1.34. The number of piperazine rings is 1. The third-order valence-electron chi connectivity index (χ3n) is 15.1. The molecular formula is C54H74FN9O4S. The number of aliphatic hydroxyl groups is 1. The predicted octanol–water partition coefficient (Wildman–Crippen LogP) is 5.74. The van der Waals surface area contributed by atoms with E-state index in [-0.39, 0.29) is 43.0 Å². The number of β-amino-alcohol motifs (C(OH)–C–C–N with tert-alkyl or cyclic N) is 1. The third kappa shape index (κ3) is 12.4. The highest BCUT2D eigenvalue weighted by Crippen LogP contribution is 2.34. The summed E-state index contributed by atoms with van der Waals surface area (Å²) in [7, 11) is 4.30. The van der Waals surface area contributed by atoms with Crippen molar-refractivity contribution in [3.8, 4) is 10.4 Å². The molecule has 0 unspecified atom stereocenters. The fraction of sp³-hybridized carbons (Fsp3) is 0.556. The van der Waals surface area contributed by atoms with E-state index in [1.807, 2.05) is 70.5 Å². The molecule has 4 aliphatic heterocycles. The first-order valence-corrected chi connectivity index (χ1v) is 25.9. The average molecular weight is 964 g/mol. The zero-order valence-corrected chi connectivity index (χ0v) is 42.6. The number of rotatable bonds is 15. The maximum Gasteiger partial charge on any atom is 0.246 e. The van der Waals surface area contributed by atoms with Gasteiger partial charge in [-0.25, -0.2) is 9.37 Å². The van der Waals surface area contributed by atoms with Crippen LogP contribution in [0.25, 0.3) is 10.4 Å². The van der Waals surface area contributed by atoms with Crippen molar-refractivity contribution in [2.75, 3.05) is 91.0 Å². The molecule has 5 atom stereocenters. The van der Waals surface area contributed by atoms with Crippen LogP contribution in [0.5, 0.6) is 0 Å². The van der Waals surface area contributed by atoms with Crippen molar-refractivity contribution in [2.45, 2.75) is 97.1 Å². The van der Waals surface area contributed by atoms with E-state index in [4.69, 9.17) is 0 Å². The van der Waals surface area contributed by atoms with Gasteiger partial charge < -0.3 is 30.4 Å². The number of nitrogens with one attached hydrogen (secondary N) is 2. The van der Waals surface area contributed by atoms with Gasteiger partial charge in [-0.05, 0) is 106 Å². The van der Waals surface area contributed by atoms with Crippen molar-refractivity contribution in [2.24, 2.45) is 11.3 Å². The highest BCUT2D eigenvalue weighted by atomic mass is 32.1. The lowest BCUT2D eigenvalue weighted by Gasteiger charge is -2.40. The van der Waals surface area contributed by atoms with Crippen LogP contribution in [-0.4, -0.2) is 163 Å². The van der Waals surface area contributed by atoms with Gasteiger partial charge in [0.15, 0.2) is 0 Å². The number of carbonyl (C=O) groups excluding carboxylic acids is 3. The van der Waals surface area contributed by atoms with E-state index in [0.29, 0.717) is 31.0 Å². The average Bonchev–Trinajstić information content (AvgIpc) is 4.07. The number of aliphatic hydroxyl groups excluding tert-OH is 1. The van der Waals surface area contributed by atoms with Gasteiger partial charge in [-0.15, -0.1) is 11.3 Å². The van der Waals surface area contributed by atoms with Crippen LogP contribution in [0.2, 0.25) is 0 Å². The Kier molecular flexibility index (Phi) is 16.2. The molecule has 15 heteroatoms. The van der Waals surface area contributed by atoms with Crippen molar-refractivity contribution in [1.29, 1.82) is 0 Å². The van der Waals surface area contributed by atoms with E-state index in [9.17, 15) is 23.9 Å². The van der Waals surface area contributed by atoms with E-state index in [0.717, 1.165) is 105 Å². The SMILES string of the molecule is Cc1cccc(F)c1CN1C[C@H](c2ccc(N3CCN(CC4CCN(CC(=O)N[C@@H](C(=O)N5C[C@H](O)C[C@H]5C(=O)NCc5ccc(-c6scnc6C)cc5)C(C)(C)C)CC4)CC3)cc2)[C@@H](N(C)C)C1. The first-order chi connectivity index (χ1) is 33.0. The van der Waals surface area contributed by atoms with Crippen molar-refractivity contribution in [3.63, 3.8) is 0 Å². The summed E-state index contributed by atoms with van der Waals surface area (Å²) in [5.41, 5.74) is 8.59. The number of nitrogens with zero attached hydrogens (tertiary/aromatic N) is 7. The second-order valence-corrected chi connectivity index (χ2v) is 22.3. The molecule has 0 aliphatic carbocycles. The Bertz CT molecular complexity index is 2350. The Labute approximate surface area is 413 Å². The van der Waals surface area contributed by atoms with Gasteiger partial charge in [0.25, 0.3) is 0 Å². The lowest BCUT2D eigenvalue weighted by atomic mass is 9.85. The minimum Gasteiger partial charge on any atom is -0.391 e. The number of hydrogen-bond acceptors (Lipinski definition) is 11. The van der Waals surface area contributed by atoms with Crippen LogP contribution in [-0.2, 0) is 27.5 Å². The largest absolute Gasteiger partial charge is 0.391 e. The zero-order chi connectivity index (χ0) is 49.0. The number of hydrogen-bond donors (Lipinski definition) is 3. The van der Waals surface area contributed by atoms with Crippen LogP contribution in [0.3, 0.4) is 0 Å². The molecule has 5 heterocycles. The van der Waals surface area contributed by atoms with Gasteiger partial charge in [-0.1, -0.05) is 69.3 Å². The molecule has 3 aromatic carbocycles. The van der Waals surface area contributed by atoms with Gasteiger partial charge in [0.05, 0.1) is 28.7 Å². The second kappa shape index (κ2) is 22.1. The molecule has 13 nitrogen and oxygen atoms in total. The number of aromatic nitrogens is 1. The van der Waals surface area contributed by atoms with E-state index in [1.54, 1.807) is 23.5 Å². The van der Waals surface area contributed by atoms with Crippen LogP contribution in [0.15, 0.2) is 72.2 Å². The maximum atomic E-state index is 14.7. The van der Waals surface area contributed by atoms with E-state index in [1.165, 1.54) is 16.2 Å². The first-order valence-electron chi connectivity index (χ1n) is 25.0. The topological polar surface area (TPSA) is 128 Å². The van der Waals surface area contributed by atoms with Crippen LogP contribution in [0.1, 0.15) is 73.9 Å². The van der Waals surface area contributed by atoms with E-state index >= 15 is 0 Å². The normalized spacial score (nSPS) is 22.6. The molecule has 372 valence electrons. The fourth-order valence-corrected chi connectivity index (χ4v) is 11.8. The van der Waals surface area contributed by atoms with Gasteiger partial charge in [0.1, 0.15) is 17.9 Å². The highest BCUT2D eigenvalue weighted by Gasteiger charge is 2.45. The molecule has 4 saturated heterocycles. The minimum absolute atomic E-state index is 0.0382. The van der Waals surface area contributed by atoms with Crippen molar-refractivity contribution in [3.05, 3.63) is 106 Å². The molecule has 0 spiro atoms. The molecule has 8 rings (SSSR count). The number of piperidine rings is 1. The maximum absolute atomic E-state index is 14.7. The molecule has 4 aromatic rings. The Morgan fingerprint density at radius 1 is 0.884 bits per heavy atom. The summed E-state index contributed by atoms with van der Waals surface area (Å²) in [5, 5.41) is 16.7. The summed E-state index contributed by atoms with van der Waals surface area (Å²) >= 11 is 1.59. The molecule has 4 aliphatic rings. The van der Waals surface area contributed by atoms with Gasteiger partial charge >= 0.3 is 0 Å². The Balaban J connectivity index is 0.765. The van der Waals surface area contributed by atoms with Crippen LogP contribution < -0.4 is 15.5 Å². The van der Waals surface area contributed by atoms with Gasteiger partial charge in [0, 0.05) is 95.1 Å². The number of amides is 3. The molecular weight excluding hydrogens is 890 g/mol. The molecule has 4 fully saturated rings. The van der Waals surface area contributed by atoms with Gasteiger partial charge in [-0.2, -0.15) is 0 Å². The monoisotopic (exact) mass is 964 g/mol. The van der Waals surface area contributed by atoms with Gasteiger partial charge in [0.2, 0.25) is 17.7 Å². The number of likely N-dealkylation sites (N-methyl/N-ethyl adjacent to an activating group) is 1. The lowest BCUT2D eigenvalue weighted by Crippen LogP contribution is -2.59. The highest BCUT2D eigenvalue weighted by molar-refractivity contribution is 7.13. The number of carbonyl (C=O) groups is 3. The number of benzene rings is 3. The summed E-state index contributed by atoms with van der Waals surface area (Å²) in [4.78, 5) is 60.3. The zero-order valence-electron chi connectivity index (χ0n) is 41.8. The Morgan fingerprint density at radius 2 is 1.59 bits per heavy atom. The quantitative estimate of drug-likeness (QED) is 0.136. The minimum atomic E-state index is -0.862. The van der Waals surface area contributed by atoms with Crippen LogP contribution >= 0.6 is 11.3 Å².